The van der Waals surface area contributed by atoms with Gasteiger partial charge in [-0.15, -0.1) is 0 Å². The first-order chi connectivity index (χ1) is 12.6. The largest absolute Gasteiger partial charge is 0.493 e. The molecule has 0 saturated carbocycles. The minimum Gasteiger partial charge on any atom is -0.493 e. The topological polar surface area (TPSA) is 18.5 Å². The summed E-state index contributed by atoms with van der Waals surface area (Å²) in [6.45, 7) is 10.5. The van der Waals surface area contributed by atoms with E-state index in [1.54, 1.807) is 0 Å². The molecular weight excluding hydrogens is 320 g/mol. The smallest absolute Gasteiger partial charge is 0.131 e. The first-order valence-corrected chi connectivity index (χ1v) is 10.0. The lowest BCUT2D eigenvalue weighted by Gasteiger charge is -2.24. The molecule has 0 bridgehead atoms. The summed E-state index contributed by atoms with van der Waals surface area (Å²) in [7, 11) is 0. The zero-order valence-corrected chi connectivity index (χ0v) is 16.7. The SMILES string of the molecule is CC(C)CCOc1c2c(c(OCCC(C)C)c3ccccc13)CC=CC2. The first-order valence-electron chi connectivity index (χ1n) is 10.0. The fourth-order valence-corrected chi connectivity index (χ4v) is 3.44. The van der Waals surface area contributed by atoms with Crippen LogP contribution in [0.25, 0.3) is 10.8 Å². The Balaban J connectivity index is 2.02. The number of hydrogen-bond acceptors (Lipinski definition) is 2. The highest BCUT2D eigenvalue weighted by molar-refractivity contribution is 5.96. The molecule has 26 heavy (non-hydrogen) atoms. The molecule has 0 N–H and O–H groups in total. The van der Waals surface area contributed by atoms with Crippen LogP contribution in [0.15, 0.2) is 36.4 Å². The minimum absolute atomic E-state index is 0.649. The molecule has 0 heterocycles. The van der Waals surface area contributed by atoms with E-state index in [-0.39, 0.29) is 0 Å². The first kappa shape index (κ1) is 18.8. The lowest BCUT2D eigenvalue weighted by atomic mass is 9.90. The number of hydrogen-bond donors (Lipinski definition) is 0. The van der Waals surface area contributed by atoms with E-state index in [4.69, 9.17) is 9.47 Å². The molecular formula is C24H32O2. The number of benzene rings is 2. The Labute approximate surface area is 158 Å². The zero-order valence-electron chi connectivity index (χ0n) is 16.7. The standard InChI is InChI=1S/C24H32O2/c1-17(2)13-15-25-23-19-9-5-7-11-21(19)24(26-16-14-18(3)4)22-12-8-6-10-20(22)23/h5-9,11,17-18H,10,12-16H2,1-4H3. The Morgan fingerprint density at radius 2 is 1.15 bits per heavy atom. The zero-order chi connectivity index (χ0) is 18.5. The van der Waals surface area contributed by atoms with E-state index in [9.17, 15) is 0 Å². The molecule has 3 rings (SSSR count). The molecule has 0 atom stereocenters. The predicted molar refractivity (Wildman–Crippen MR) is 110 cm³/mol. The maximum absolute atomic E-state index is 6.34. The van der Waals surface area contributed by atoms with E-state index in [2.05, 4.69) is 64.1 Å². The third-order valence-corrected chi connectivity index (χ3v) is 5.02. The van der Waals surface area contributed by atoms with Gasteiger partial charge in [0.15, 0.2) is 0 Å². The second-order valence-corrected chi connectivity index (χ2v) is 8.10. The molecule has 0 spiro atoms. The Bertz CT molecular complexity index is 707. The van der Waals surface area contributed by atoms with Gasteiger partial charge in [0.2, 0.25) is 0 Å². The van der Waals surface area contributed by atoms with Gasteiger partial charge in [-0.2, -0.15) is 0 Å². The summed E-state index contributed by atoms with van der Waals surface area (Å²) in [5, 5.41) is 2.37. The van der Waals surface area contributed by atoms with Gasteiger partial charge in [-0.25, -0.2) is 0 Å². The molecule has 0 aromatic heterocycles. The molecule has 2 aromatic carbocycles. The number of ether oxygens (including phenoxy) is 2. The van der Waals surface area contributed by atoms with E-state index in [1.165, 1.54) is 21.9 Å². The van der Waals surface area contributed by atoms with Crippen LogP contribution in [0.3, 0.4) is 0 Å². The van der Waals surface area contributed by atoms with Crippen LogP contribution < -0.4 is 9.47 Å². The van der Waals surface area contributed by atoms with Crippen LogP contribution in [0.5, 0.6) is 11.5 Å². The second kappa shape index (κ2) is 8.62. The van der Waals surface area contributed by atoms with Crippen molar-refractivity contribution in [1.29, 1.82) is 0 Å². The predicted octanol–water partition coefficient (Wildman–Crippen LogP) is 6.34. The molecule has 0 unspecified atom stereocenters. The molecule has 0 radical (unpaired) electrons. The van der Waals surface area contributed by atoms with Crippen LogP contribution >= 0.6 is 0 Å². The van der Waals surface area contributed by atoms with Gasteiger partial charge in [0.25, 0.3) is 0 Å². The molecule has 2 aromatic rings. The summed E-state index contributed by atoms with van der Waals surface area (Å²) in [5.74, 6) is 3.43. The fourth-order valence-electron chi connectivity index (χ4n) is 3.44. The summed E-state index contributed by atoms with van der Waals surface area (Å²) < 4.78 is 12.7. The summed E-state index contributed by atoms with van der Waals surface area (Å²) in [6.07, 6.45) is 8.52. The summed E-state index contributed by atoms with van der Waals surface area (Å²) in [6, 6.07) is 8.54. The Kier molecular flexibility index (Phi) is 6.24. The van der Waals surface area contributed by atoms with Crippen molar-refractivity contribution in [2.45, 2.75) is 53.4 Å². The fraction of sp³-hybridized carbons (Fsp3) is 0.500. The molecule has 1 aliphatic carbocycles. The monoisotopic (exact) mass is 352 g/mol. The van der Waals surface area contributed by atoms with Crippen molar-refractivity contribution in [1.82, 2.24) is 0 Å². The molecule has 2 nitrogen and oxygen atoms in total. The quantitative estimate of drug-likeness (QED) is 0.516. The summed E-state index contributed by atoms with van der Waals surface area (Å²) in [5.41, 5.74) is 2.63. The van der Waals surface area contributed by atoms with Crippen molar-refractivity contribution in [3.8, 4) is 11.5 Å². The Morgan fingerprint density at radius 1 is 0.731 bits per heavy atom. The van der Waals surface area contributed by atoms with E-state index in [0.717, 1.165) is 50.4 Å². The number of fused-ring (bicyclic) bond motifs is 2. The highest BCUT2D eigenvalue weighted by Gasteiger charge is 2.22. The van der Waals surface area contributed by atoms with Gasteiger partial charge in [0, 0.05) is 21.9 Å². The third kappa shape index (κ3) is 4.23. The summed E-state index contributed by atoms with van der Waals surface area (Å²) >= 11 is 0. The van der Waals surface area contributed by atoms with Crippen molar-refractivity contribution in [2.75, 3.05) is 13.2 Å². The molecule has 140 valence electrons. The van der Waals surface area contributed by atoms with Crippen molar-refractivity contribution in [2.24, 2.45) is 11.8 Å². The second-order valence-electron chi connectivity index (χ2n) is 8.10. The van der Waals surface area contributed by atoms with Crippen molar-refractivity contribution < 1.29 is 9.47 Å². The third-order valence-electron chi connectivity index (χ3n) is 5.02. The Morgan fingerprint density at radius 3 is 1.54 bits per heavy atom. The maximum atomic E-state index is 6.34. The van der Waals surface area contributed by atoms with Crippen molar-refractivity contribution >= 4 is 10.8 Å². The van der Waals surface area contributed by atoms with E-state index in [0.29, 0.717) is 11.8 Å². The molecule has 0 amide bonds. The minimum atomic E-state index is 0.649. The lowest BCUT2D eigenvalue weighted by Crippen LogP contribution is -2.10. The molecule has 0 aliphatic heterocycles. The van der Waals surface area contributed by atoms with Gasteiger partial charge in [0.1, 0.15) is 11.5 Å². The van der Waals surface area contributed by atoms with Crippen LogP contribution in [0.4, 0.5) is 0 Å². The highest BCUT2D eigenvalue weighted by atomic mass is 16.5. The van der Waals surface area contributed by atoms with E-state index in [1.807, 2.05) is 0 Å². The van der Waals surface area contributed by atoms with Gasteiger partial charge in [-0.05, 0) is 37.5 Å². The van der Waals surface area contributed by atoms with Gasteiger partial charge in [-0.3, -0.25) is 0 Å². The van der Waals surface area contributed by atoms with Gasteiger partial charge in [-0.1, -0.05) is 64.1 Å². The van der Waals surface area contributed by atoms with Gasteiger partial charge in [0.05, 0.1) is 13.2 Å². The van der Waals surface area contributed by atoms with E-state index >= 15 is 0 Å². The van der Waals surface area contributed by atoms with Crippen LogP contribution in [-0.2, 0) is 12.8 Å². The molecule has 2 heteroatoms. The average Bonchev–Trinajstić information content (AvgIpc) is 2.62. The van der Waals surface area contributed by atoms with Crippen molar-refractivity contribution in [3.05, 3.63) is 47.5 Å². The number of rotatable bonds is 8. The normalized spacial score (nSPS) is 13.5. The average molecular weight is 353 g/mol. The maximum Gasteiger partial charge on any atom is 0.131 e. The molecule has 0 fully saturated rings. The van der Waals surface area contributed by atoms with Crippen LogP contribution in [0.1, 0.15) is 51.7 Å². The van der Waals surface area contributed by atoms with Gasteiger partial charge < -0.3 is 9.47 Å². The van der Waals surface area contributed by atoms with Gasteiger partial charge >= 0.3 is 0 Å². The molecule has 0 saturated heterocycles. The van der Waals surface area contributed by atoms with Crippen LogP contribution in [0, 0.1) is 11.8 Å². The van der Waals surface area contributed by atoms with Crippen molar-refractivity contribution in [3.63, 3.8) is 0 Å². The molecule has 1 aliphatic rings. The highest BCUT2D eigenvalue weighted by Crippen LogP contribution is 2.43. The lowest BCUT2D eigenvalue weighted by molar-refractivity contribution is 0.283. The number of allylic oxidation sites excluding steroid dienone is 2. The summed E-state index contributed by atoms with van der Waals surface area (Å²) in [4.78, 5) is 0. The Hall–Kier alpha value is -1.96. The van der Waals surface area contributed by atoms with E-state index < -0.39 is 0 Å². The van der Waals surface area contributed by atoms with Crippen LogP contribution in [-0.4, -0.2) is 13.2 Å². The van der Waals surface area contributed by atoms with Crippen LogP contribution in [0.2, 0.25) is 0 Å².